The van der Waals surface area contributed by atoms with Crippen LogP contribution in [0.4, 0.5) is 0 Å². The molecule has 0 rings (SSSR count). The van der Waals surface area contributed by atoms with E-state index < -0.39 is 0 Å². The lowest BCUT2D eigenvalue weighted by atomic mass is 10.4. The highest BCUT2D eigenvalue weighted by molar-refractivity contribution is 4.67. The number of hydrogen-bond donors (Lipinski definition) is 0. The first-order valence-corrected chi connectivity index (χ1v) is 4.64. The van der Waals surface area contributed by atoms with Gasteiger partial charge in [0.25, 0.3) is 0 Å². The lowest BCUT2D eigenvalue weighted by molar-refractivity contribution is 0.0322. The lowest BCUT2D eigenvalue weighted by Gasteiger charge is -2.04. The van der Waals surface area contributed by atoms with Crippen molar-refractivity contribution in [3.05, 3.63) is 0 Å². The van der Waals surface area contributed by atoms with Crippen LogP contribution in [0.5, 0.6) is 0 Å². The van der Waals surface area contributed by atoms with E-state index in [1.807, 2.05) is 0 Å². The van der Waals surface area contributed by atoms with Crippen LogP contribution < -0.4 is 0 Å². The third-order valence-corrected chi connectivity index (χ3v) is 1.43. The second-order valence-electron chi connectivity index (χ2n) is 2.54. The minimum atomic E-state index is 0.450. The van der Waals surface area contributed by atoms with Crippen LogP contribution in [0.25, 0.3) is 0 Å². The second-order valence-corrected chi connectivity index (χ2v) is 2.54. The Morgan fingerprint density at radius 3 is 2.23 bits per heavy atom. The highest BCUT2D eigenvalue weighted by atomic mass is 16.5. The molecule has 0 heterocycles. The molecule has 0 unspecified atom stereocenters. The molecule has 0 aliphatic carbocycles. The fraction of sp³-hybridized carbons (Fsp3) is 0.800. The zero-order chi connectivity index (χ0) is 9.78. The standard InChI is InChI=1S/C10H18O3/c1-3-5-6-12-9-10-13-8-7-11-4-2/h2H,3,5-10H2,1H3. The van der Waals surface area contributed by atoms with Gasteiger partial charge in [0.1, 0.15) is 12.7 Å². The van der Waals surface area contributed by atoms with Crippen molar-refractivity contribution in [3.8, 4) is 12.5 Å². The number of ether oxygens (including phenoxy) is 3. The van der Waals surface area contributed by atoms with Crippen LogP contribution in [0, 0.1) is 12.5 Å². The third kappa shape index (κ3) is 11.3. The molecule has 76 valence electrons. The van der Waals surface area contributed by atoms with Gasteiger partial charge in [-0.3, -0.25) is 0 Å². The zero-order valence-electron chi connectivity index (χ0n) is 8.25. The molecule has 0 aromatic carbocycles. The second kappa shape index (κ2) is 11.3. The van der Waals surface area contributed by atoms with Gasteiger partial charge < -0.3 is 14.2 Å². The molecule has 0 radical (unpaired) electrons. The zero-order valence-corrected chi connectivity index (χ0v) is 8.25. The van der Waals surface area contributed by atoms with Crippen LogP contribution in [-0.4, -0.2) is 33.0 Å². The summed E-state index contributed by atoms with van der Waals surface area (Å²) in [5.74, 6) is 0. The van der Waals surface area contributed by atoms with Crippen molar-refractivity contribution < 1.29 is 14.2 Å². The average Bonchev–Trinajstić information content (AvgIpc) is 2.16. The fourth-order valence-electron chi connectivity index (χ4n) is 0.728. The Kier molecular flexibility index (Phi) is 10.7. The summed E-state index contributed by atoms with van der Waals surface area (Å²) >= 11 is 0. The largest absolute Gasteiger partial charge is 0.444 e. The first-order valence-electron chi connectivity index (χ1n) is 4.64. The van der Waals surface area contributed by atoms with E-state index >= 15 is 0 Å². The van der Waals surface area contributed by atoms with Gasteiger partial charge in [0.2, 0.25) is 0 Å². The normalized spacial score (nSPS) is 9.54. The van der Waals surface area contributed by atoms with Crippen LogP contribution in [0.15, 0.2) is 0 Å². The molecular formula is C10H18O3. The molecule has 0 aliphatic heterocycles. The van der Waals surface area contributed by atoms with E-state index in [4.69, 9.17) is 15.9 Å². The molecule has 0 atom stereocenters. The van der Waals surface area contributed by atoms with E-state index in [1.54, 1.807) is 0 Å². The molecule has 3 heteroatoms. The Bertz CT molecular complexity index is 129. The molecule has 13 heavy (non-hydrogen) atoms. The summed E-state index contributed by atoms with van der Waals surface area (Å²) in [6.45, 7) is 5.19. The molecule has 0 bridgehead atoms. The first kappa shape index (κ1) is 12.3. The summed E-state index contributed by atoms with van der Waals surface area (Å²) < 4.78 is 15.1. The lowest BCUT2D eigenvalue weighted by Crippen LogP contribution is -2.08. The van der Waals surface area contributed by atoms with Gasteiger partial charge in [0.15, 0.2) is 0 Å². The van der Waals surface area contributed by atoms with Crippen molar-refractivity contribution in [2.24, 2.45) is 0 Å². The van der Waals surface area contributed by atoms with E-state index in [0.29, 0.717) is 26.4 Å². The highest BCUT2D eigenvalue weighted by Gasteiger charge is 1.89. The quantitative estimate of drug-likeness (QED) is 0.402. The van der Waals surface area contributed by atoms with Gasteiger partial charge in [-0.1, -0.05) is 19.8 Å². The van der Waals surface area contributed by atoms with Crippen molar-refractivity contribution in [2.45, 2.75) is 19.8 Å². The molecule has 0 aromatic heterocycles. The summed E-state index contributed by atoms with van der Waals surface area (Å²) in [4.78, 5) is 0. The van der Waals surface area contributed by atoms with Crippen molar-refractivity contribution in [2.75, 3.05) is 33.0 Å². The van der Waals surface area contributed by atoms with Gasteiger partial charge in [0.05, 0.1) is 19.8 Å². The van der Waals surface area contributed by atoms with E-state index in [-0.39, 0.29) is 0 Å². The molecule has 0 amide bonds. The number of hydrogen-bond acceptors (Lipinski definition) is 3. The highest BCUT2D eigenvalue weighted by Crippen LogP contribution is 1.87. The topological polar surface area (TPSA) is 27.7 Å². The Morgan fingerprint density at radius 2 is 1.62 bits per heavy atom. The van der Waals surface area contributed by atoms with E-state index in [1.165, 1.54) is 0 Å². The summed E-state index contributed by atoms with van der Waals surface area (Å²) in [6, 6.07) is 0. The molecule has 0 aliphatic rings. The molecule has 0 N–H and O–H groups in total. The smallest absolute Gasteiger partial charge is 0.123 e. The van der Waals surface area contributed by atoms with Gasteiger partial charge in [-0.05, 0) is 6.42 Å². The summed E-state index contributed by atoms with van der Waals surface area (Å²) in [6.07, 6.45) is 9.22. The number of rotatable bonds is 9. The molecule has 0 fully saturated rings. The predicted octanol–water partition coefficient (Wildman–Crippen LogP) is 1.43. The van der Waals surface area contributed by atoms with Gasteiger partial charge in [-0.25, -0.2) is 0 Å². The van der Waals surface area contributed by atoms with Crippen molar-refractivity contribution in [3.63, 3.8) is 0 Å². The van der Waals surface area contributed by atoms with Crippen molar-refractivity contribution in [1.82, 2.24) is 0 Å². The molecule has 3 nitrogen and oxygen atoms in total. The van der Waals surface area contributed by atoms with Gasteiger partial charge in [-0.15, -0.1) is 0 Å². The minimum absolute atomic E-state index is 0.450. The van der Waals surface area contributed by atoms with Gasteiger partial charge in [0, 0.05) is 6.61 Å². The van der Waals surface area contributed by atoms with E-state index in [2.05, 4.69) is 17.8 Å². The van der Waals surface area contributed by atoms with Crippen LogP contribution >= 0.6 is 0 Å². The Balaban J connectivity index is 2.80. The average molecular weight is 186 g/mol. The monoisotopic (exact) mass is 186 g/mol. The van der Waals surface area contributed by atoms with Crippen LogP contribution in [0.3, 0.4) is 0 Å². The molecule has 0 aromatic rings. The first-order chi connectivity index (χ1) is 6.41. The number of terminal acetylenes is 1. The molecule has 0 saturated heterocycles. The fourth-order valence-corrected chi connectivity index (χ4v) is 0.728. The molecule has 0 spiro atoms. The molecule has 0 saturated carbocycles. The van der Waals surface area contributed by atoms with Crippen LogP contribution in [0.2, 0.25) is 0 Å². The van der Waals surface area contributed by atoms with Crippen LogP contribution in [0.1, 0.15) is 19.8 Å². The third-order valence-electron chi connectivity index (χ3n) is 1.43. The summed E-state index contributed by atoms with van der Waals surface area (Å²) in [5.41, 5.74) is 0. The number of unbranched alkanes of at least 4 members (excludes halogenated alkanes) is 1. The minimum Gasteiger partial charge on any atom is -0.444 e. The summed E-state index contributed by atoms with van der Waals surface area (Å²) in [7, 11) is 0. The van der Waals surface area contributed by atoms with Gasteiger partial charge in [-0.2, -0.15) is 0 Å². The Hall–Kier alpha value is -0.720. The van der Waals surface area contributed by atoms with Gasteiger partial charge >= 0.3 is 0 Å². The predicted molar refractivity (Wildman–Crippen MR) is 51.3 cm³/mol. The summed E-state index contributed by atoms with van der Waals surface area (Å²) in [5, 5.41) is 0. The van der Waals surface area contributed by atoms with Crippen LogP contribution in [-0.2, 0) is 14.2 Å². The SMILES string of the molecule is C#COCCOCCOCCCC. The molecular weight excluding hydrogens is 168 g/mol. The maximum atomic E-state index is 5.27. The van der Waals surface area contributed by atoms with E-state index in [9.17, 15) is 0 Å². The van der Waals surface area contributed by atoms with Crippen molar-refractivity contribution in [1.29, 1.82) is 0 Å². The Labute approximate surface area is 80.4 Å². The van der Waals surface area contributed by atoms with E-state index in [0.717, 1.165) is 19.4 Å². The maximum Gasteiger partial charge on any atom is 0.123 e. The maximum absolute atomic E-state index is 5.27. The Morgan fingerprint density at radius 1 is 1.00 bits per heavy atom. The van der Waals surface area contributed by atoms with Crippen molar-refractivity contribution >= 4 is 0 Å².